The first-order valence-electron chi connectivity index (χ1n) is 28.7. The fraction of sp³-hybridized carbons (Fsp3) is 0.914. The lowest BCUT2D eigenvalue weighted by Gasteiger charge is -2.18. The van der Waals surface area contributed by atoms with E-state index in [-0.39, 0.29) is 31.1 Å². The molecule has 0 aromatic rings. The highest BCUT2D eigenvalue weighted by molar-refractivity contribution is 5.71. The molecule has 0 saturated carbocycles. The second-order valence-corrected chi connectivity index (χ2v) is 19.6. The van der Waals surface area contributed by atoms with Crippen molar-refractivity contribution in [2.45, 2.75) is 329 Å². The van der Waals surface area contributed by atoms with Crippen LogP contribution in [0.2, 0.25) is 0 Å². The van der Waals surface area contributed by atoms with E-state index in [9.17, 15) is 14.4 Å². The number of esters is 3. The zero-order valence-corrected chi connectivity index (χ0v) is 43.3. The second kappa shape index (κ2) is 53.8. The molecule has 0 aliphatic rings. The van der Waals surface area contributed by atoms with Crippen LogP contribution in [0.3, 0.4) is 0 Å². The molecule has 0 bridgehead atoms. The van der Waals surface area contributed by atoms with E-state index >= 15 is 0 Å². The number of carbonyl (C=O) groups is 3. The van der Waals surface area contributed by atoms with Crippen molar-refractivity contribution in [2.75, 3.05) is 13.2 Å². The van der Waals surface area contributed by atoms with Gasteiger partial charge in [0.15, 0.2) is 6.10 Å². The highest BCUT2D eigenvalue weighted by atomic mass is 16.6. The SMILES string of the molecule is CCCCCCCC/C=C\CCCCCCCC(=O)O[C@H](COC(=O)CCCCCCCCCCCCCCCC)COC(=O)CCCCCCCCCCCCCCCCCCC. The van der Waals surface area contributed by atoms with Crippen LogP contribution in [0.1, 0.15) is 323 Å². The minimum absolute atomic E-state index is 0.0674. The van der Waals surface area contributed by atoms with E-state index in [0.717, 1.165) is 64.2 Å². The summed E-state index contributed by atoms with van der Waals surface area (Å²) in [6, 6.07) is 0. The fourth-order valence-electron chi connectivity index (χ4n) is 8.68. The second-order valence-electron chi connectivity index (χ2n) is 19.6. The van der Waals surface area contributed by atoms with E-state index in [2.05, 4.69) is 32.9 Å². The average Bonchev–Trinajstić information content (AvgIpc) is 3.29. The van der Waals surface area contributed by atoms with Crippen molar-refractivity contribution in [1.82, 2.24) is 0 Å². The van der Waals surface area contributed by atoms with Gasteiger partial charge in [0.1, 0.15) is 13.2 Å². The Morgan fingerprint density at radius 2 is 0.516 bits per heavy atom. The van der Waals surface area contributed by atoms with Crippen molar-refractivity contribution >= 4 is 17.9 Å². The first kappa shape index (κ1) is 62.1. The van der Waals surface area contributed by atoms with Gasteiger partial charge in [-0.3, -0.25) is 14.4 Å². The minimum atomic E-state index is -0.768. The first-order chi connectivity index (χ1) is 31.5. The van der Waals surface area contributed by atoms with Gasteiger partial charge in [0.25, 0.3) is 0 Å². The van der Waals surface area contributed by atoms with E-state index < -0.39 is 6.10 Å². The molecule has 0 N–H and O–H groups in total. The predicted molar refractivity (Wildman–Crippen MR) is 275 cm³/mol. The van der Waals surface area contributed by atoms with Gasteiger partial charge in [0.05, 0.1) is 0 Å². The largest absolute Gasteiger partial charge is 0.462 e. The molecule has 0 aromatic carbocycles. The summed E-state index contributed by atoms with van der Waals surface area (Å²) in [6.45, 7) is 6.68. The van der Waals surface area contributed by atoms with Crippen LogP contribution in [0, 0.1) is 0 Å². The number of allylic oxidation sites excluding steroid dienone is 2. The lowest BCUT2D eigenvalue weighted by Crippen LogP contribution is -2.30. The van der Waals surface area contributed by atoms with Gasteiger partial charge in [-0.15, -0.1) is 0 Å². The molecule has 6 nitrogen and oxygen atoms in total. The molecular formula is C58H110O6. The topological polar surface area (TPSA) is 78.9 Å². The van der Waals surface area contributed by atoms with E-state index in [1.54, 1.807) is 0 Å². The molecule has 0 spiro atoms. The third kappa shape index (κ3) is 51.1. The van der Waals surface area contributed by atoms with E-state index in [0.29, 0.717) is 19.3 Å². The van der Waals surface area contributed by atoms with Crippen molar-refractivity contribution in [3.8, 4) is 0 Å². The van der Waals surface area contributed by atoms with Crippen LogP contribution in [0.25, 0.3) is 0 Å². The van der Waals surface area contributed by atoms with Crippen molar-refractivity contribution in [2.24, 2.45) is 0 Å². The first-order valence-corrected chi connectivity index (χ1v) is 28.7. The third-order valence-electron chi connectivity index (χ3n) is 13.0. The maximum absolute atomic E-state index is 12.8. The molecule has 0 saturated heterocycles. The highest BCUT2D eigenvalue weighted by Crippen LogP contribution is 2.17. The van der Waals surface area contributed by atoms with Crippen molar-refractivity contribution < 1.29 is 28.6 Å². The van der Waals surface area contributed by atoms with E-state index in [4.69, 9.17) is 14.2 Å². The Bertz CT molecular complexity index is 993. The maximum Gasteiger partial charge on any atom is 0.306 e. The minimum Gasteiger partial charge on any atom is -0.462 e. The zero-order valence-electron chi connectivity index (χ0n) is 43.3. The lowest BCUT2D eigenvalue weighted by atomic mass is 10.0. The predicted octanol–water partition coefficient (Wildman–Crippen LogP) is 18.9. The lowest BCUT2D eigenvalue weighted by molar-refractivity contribution is -0.167. The van der Waals surface area contributed by atoms with Gasteiger partial charge in [-0.25, -0.2) is 0 Å². The molecular weight excluding hydrogens is 793 g/mol. The normalized spacial score (nSPS) is 12.0. The Balaban J connectivity index is 4.32. The standard InChI is InChI=1S/C58H110O6/c1-4-7-10-13-16-19-22-25-28-29-31-33-36-39-42-45-48-51-57(60)63-54-55(53-62-56(59)50-47-44-41-38-35-32-27-24-21-18-15-12-9-6-3)64-58(61)52-49-46-43-40-37-34-30-26-23-20-17-14-11-8-5-2/h26,30,55H,4-25,27-29,31-54H2,1-3H3/b30-26-/t55-/m1/s1. The zero-order chi connectivity index (χ0) is 46.5. The molecule has 378 valence electrons. The Morgan fingerprint density at radius 3 is 0.781 bits per heavy atom. The fourth-order valence-corrected chi connectivity index (χ4v) is 8.68. The van der Waals surface area contributed by atoms with Crippen LogP contribution in [0.5, 0.6) is 0 Å². The van der Waals surface area contributed by atoms with Gasteiger partial charge in [-0.05, 0) is 44.9 Å². The number of rotatable bonds is 53. The van der Waals surface area contributed by atoms with Crippen molar-refractivity contribution in [3.05, 3.63) is 12.2 Å². The summed E-state index contributed by atoms with van der Waals surface area (Å²) in [7, 11) is 0. The molecule has 0 heterocycles. The quantitative estimate of drug-likeness (QED) is 0.0262. The maximum atomic E-state index is 12.8. The van der Waals surface area contributed by atoms with Crippen LogP contribution >= 0.6 is 0 Å². The van der Waals surface area contributed by atoms with Gasteiger partial charge in [-0.2, -0.15) is 0 Å². The molecule has 64 heavy (non-hydrogen) atoms. The van der Waals surface area contributed by atoms with Gasteiger partial charge >= 0.3 is 17.9 Å². The molecule has 0 aromatic heterocycles. The monoisotopic (exact) mass is 903 g/mol. The highest BCUT2D eigenvalue weighted by Gasteiger charge is 2.19. The smallest absolute Gasteiger partial charge is 0.306 e. The molecule has 0 rings (SSSR count). The van der Waals surface area contributed by atoms with Gasteiger partial charge in [-0.1, -0.05) is 270 Å². The van der Waals surface area contributed by atoms with Crippen LogP contribution in [-0.4, -0.2) is 37.2 Å². The van der Waals surface area contributed by atoms with Crippen LogP contribution < -0.4 is 0 Å². The number of hydrogen-bond acceptors (Lipinski definition) is 6. The molecule has 0 fully saturated rings. The van der Waals surface area contributed by atoms with Crippen LogP contribution in [0.4, 0.5) is 0 Å². The summed E-state index contributed by atoms with van der Waals surface area (Å²) in [5.74, 6) is -0.852. The average molecular weight is 904 g/mol. The summed E-state index contributed by atoms with van der Waals surface area (Å²) >= 11 is 0. The molecule has 0 radical (unpaired) electrons. The molecule has 0 aliphatic carbocycles. The van der Waals surface area contributed by atoms with E-state index in [1.165, 1.54) is 218 Å². The summed E-state index contributed by atoms with van der Waals surface area (Å²) < 4.78 is 16.9. The van der Waals surface area contributed by atoms with Crippen LogP contribution in [-0.2, 0) is 28.6 Å². The number of hydrogen-bond donors (Lipinski definition) is 0. The third-order valence-corrected chi connectivity index (χ3v) is 13.0. The molecule has 0 amide bonds. The molecule has 1 atom stereocenters. The Labute approximate surface area is 399 Å². The van der Waals surface area contributed by atoms with Crippen molar-refractivity contribution in [1.29, 1.82) is 0 Å². The number of unbranched alkanes of at least 4 members (excludes halogenated alkanes) is 40. The van der Waals surface area contributed by atoms with Crippen LogP contribution in [0.15, 0.2) is 12.2 Å². The summed E-state index contributed by atoms with van der Waals surface area (Å²) in [5.41, 5.74) is 0. The van der Waals surface area contributed by atoms with Crippen molar-refractivity contribution in [3.63, 3.8) is 0 Å². The van der Waals surface area contributed by atoms with Gasteiger partial charge in [0, 0.05) is 19.3 Å². The van der Waals surface area contributed by atoms with Gasteiger partial charge in [0.2, 0.25) is 0 Å². The summed E-state index contributed by atoms with van der Waals surface area (Å²) in [6.07, 6.45) is 60.5. The Hall–Kier alpha value is -1.85. The molecule has 6 heteroatoms. The number of carbonyl (C=O) groups excluding carboxylic acids is 3. The number of ether oxygens (including phenoxy) is 3. The van der Waals surface area contributed by atoms with Gasteiger partial charge < -0.3 is 14.2 Å². The Morgan fingerprint density at radius 1 is 0.297 bits per heavy atom. The van der Waals surface area contributed by atoms with E-state index in [1.807, 2.05) is 0 Å². The molecule has 0 unspecified atom stereocenters. The summed E-state index contributed by atoms with van der Waals surface area (Å²) in [4.78, 5) is 38.1. The summed E-state index contributed by atoms with van der Waals surface area (Å²) in [5, 5.41) is 0. The Kier molecular flexibility index (Phi) is 52.2. The molecule has 0 aliphatic heterocycles.